The Balaban J connectivity index is 2.19. The number of thiazole rings is 1. The molecule has 0 spiro atoms. The molecule has 0 N–H and O–H groups in total. The van der Waals surface area contributed by atoms with E-state index >= 15 is 0 Å². The predicted molar refractivity (Wildman–Crippen MR) is 107 cm³/mol. The van der Waals surface area contributed by atoms with Crippen LogP contribution in [0.3, 0.4) is 0 Å². The Morgan fingerprint density at radius 1 is 1.18 bits per heavy atom. The van der Waals surface area contributed by atoms with Gasteiger partial charge < -0.3 is 14.0 Å². The molecule has 0 saturated heterocycles. The Labute approximate surface area is 166 Å². The number of hydrogen-bond donors (Lipinski definition) is 0. The Kier molecular flexibility index (Phi) is 5.85. The summed E-state index contributed by atoms with van der Waals surface area (Å²) in [5.74, 6) is 0.164. The molecule has 9 heteroatoms. The van der Waals surface area contributed by atoms with Gasteiger partial charge in [-0.3, -0.25) is 4.79 Å². The van der Waals surface area contributed by atoms with E-state index in [2.05, 4.69) is 4.40 Å². The zero-order valence-corrected chi connectivity index (χ0v) is 17.3. The second-order valence-electron chi connectivity index (χ2n) is 5.99. The van der Waals surface area contributed by atoms with E-state index in [9.17, 15) is 13.2 Å². The minimum absolute atomic E-state index is 0.0928. The van der Waals surface area contributed by atoms with E-state index in [1.54, 1.807) is 30.3 Å². The summed E-state index contributed by atoms with van der Waals surface area (Å²) in [4.78, 5) is 12.1. The maximum Gasteiger partial charge on any atom is 0.325 e. The molecule has 7 nitrogen and oxygen atoms in total. The molecule has 1 aromatic heterocycles. The van der Waals surface area contributed by atoms with Gasteiger partial charge in [0.25, 0.3) is 10.0 Å². The third-order valence-corrected chi connectivity index (χ3v) is 6.44. The van der Waals surface area contributed by atoms with E-state index < -0.39 is 16.0 Å². The van der Waals surface area contributed by atoms with Crippen LogP contribution in [0.2, 0.25) is 0 Å². The summed E-state index contributed by atoms with van der Waals surface area (Å²) >= 11 is 1.17. The predicted octanol–water partition coefficient (Wildman–Crippen LogP) is 2.87. The normalized spacial score (nSPS) is 12.3. The monoisotopic (exact) mass is 420 g/mol. The zero-order valence-electron chi connectivity index (χ0n) is 15.7. The SMILES string of the molecule is CCOc1ccc2c(c1)sc(=NS(=O)(=O)c1ccc(C)cc1)n2CC(=O)OC. The molecule has 1 heterocycles. The fraction of sp³-hybridized carbons (Fsp3) is 0.263. The number of ether oxygens (including phenoxy) is 2. The molecule has 2 aromatic carbocycles. The van der Waals surface area contributed by atoms with Crippen molar-refractivity contribution in [1.29, 1.82) is 0 Å². The van der Waals surface area contributed by atoms with Gasteiger partial charge in [0.2, 0.25) is 4.80 Å². The van der Waals surface area contributed by atoms with Gasteiger partial charge in [0, 0.05) is 0 Å². The molecule has 0 bridgehead atoms. The van der Waals surface area contributed by atoms with Crippen LogP contribution in [0.1, 0.15) is 12.5 Å². The van der Waals surface area contributed by atoms with Crippen LogP contribution in [0, 0.1) is 6.92 Å². The highest BCUT2D eigenvalue weighted by atomic mass is 32.2. The lowest BCUT2D eigenvalue weighted by Gasteiger charge is -2.05. The topological polar surface area (TPSA) is 87.0 Å². The average molecular weight is 421 g/mol. The van der Waals surface area contributed by atoms with Crippen molar-refractivity contribution >= 4 is 37.5 Å². The molecule has 0 aliphatic carbocycles. The van der Waals surface area contributed by atoms with E-state index in [1.165, 1.54) is 35.1 Å². The number of sulfonamides is 1. The molecular weight excluding hydrogens is 400 g/mol. The number of aromatic nitrogens is 1. The summed E-state index contributed by atoms with van der Waals surface area (Å²) < 4.78 is 42.0. The molecule has 3 rings (SSSR count). The summed E-state index contributed by atoms with van der Waals surface area (Å²) in [5, 5.41) is 0. The van der Waals surface area contributed by atoms with Crippen LogP contribution in [-0.2, 0) is 26.1 Å². The molecule has 0 aliphatic heterocycles. The van der Waals surface area contributed by atoms with Gasteiger partial charge in [0.15, 0.2) is 0 Å². The molecule has 0 saturated carbocycles. The summed E-state index contributed by atoms with van der Waals surface area (Å²) in [7, 11) is -2.65. The van der Waals surface area contributed by atoms with Crippen molar-refractivity contribution in [3.63, 3.8) is 0 Å². The van der Waals surface area contributed by atoms with Crippen molar-refractivity contribution in [2.24, 2.45) is 4.40 Å². The number of nitrogens with zero attached hydrogens (tertiary/aromatic N) is 2. The maximum absolute atomic E-state index is 12.8. The number of aryl methyl sites for hydroxylation is 1. The lowest BCUT2D eigenvalue weighted by atomic mass is 10.2. The highest BCUT2D eigenvalue weighted by Crippen LogP contribution is 2.24. The van der Waals surface area contributed by atoms with Crippen molar-refractivity contribution in [2.75, 3.05) is 13.7 Å². The molecule has 0 unspecified atom stereocenters. The van der Waals surface area contributed by atoms with Crippen LogP contribution < -0.4 is 9.54 Å². The van der Waals surface area contributed by atoms with Crippen molar-refractivity contribution in [3.8, 4) is 5.75 Å². The van der Waals surface area contributed by atoms with E-state index in [-0.39, 0.29) is 16.2 Å². The van der Waals surface area contributed by atoms with Gasteiger partial charge in [-0.05, 0) is 44.2 Å². The first-order chi connectivity index (χ1) is 13.3. The van der Waals surface area contributed by atoms with Crippen LogP contribution in [-0.4, -0.2) is 32.7 Å². The van der Waals surface area contributed by atoms with Crippen LogP contribution in [0.25, 0.3) is 10.2 Å². The number of esters is 1. The minimum atomic E-state index is -3.93. The fourth-order valence-electron chi connectivity index (χ4n) is 2.59. The van der Waals surface area contributed by atoms with Gasteiger partial charge in [-0.2, -0.15) is 8.42 Å². The van der Waals surface area contributed by atoms with Crippen LogP contribution >= 0.6 is 11.3 Å². The summed E-state index contributed by atoms with van der Waals surface area (Å²) in [6, 6.07) is 11.8. The molecule has 0 radical (unpaired) electrons. The maximum atomic E-state index is 12.8. The quantitative estimate of drug-likeness (QED) is 0.572. The standard InChI is InChI=1S/C19H20N2O5S2/c1-4-26-14-7-10-16-17(11-14)27-19(21(16)12-18(22)25-3)20-28(23,24)15-8-5-13(2)6-9-15/h5-11H,4,12H2,1-3H3. The van der Waals surface area contributed by atoms with Gasteiger partial charge in [-0.1, -0.05) is 29.0 Å². The summed E-state index contributed by atoms with van der Waals surface area (Å²) in [5.41, 5.74) is 1.63. The third-order valence-electron chi connectivity index (χ3n) is 4.00. The lowest BCUT2D eigenvalue weighted by Crippen LogP contribution is -2.22. The smallest absolute Gasteiger partial charge is 0.325 e. The van der Waals surface area contributed by atoms with E-state index in [4.69, 9.17) is 9.47 Å². The van der Waals surface area contributed by atoms with Crippen LogP contribution in [0.15, 0.2) is 51.8 Å². The second kappa shape index (κ2) is 8.15. The van der Waals surface area contributed by atoms with Crippen molar-refractivity contribution in [2.45, 2.75) is 25.3 Å². The zero-order chi connectivity index (χ0) is 20.3. The van der Waals surface area contributed by atoms with Crippen molar-refractivity contribution in [1.82, 2.24) is 4.57 Å². The van der Waals surface area contributed by atoms with Gasteiger partial charge >= 0.3 is 5.97 Å². The largest absolute Gasteiger partial charge is 0.494 e. The minimum Gasteiger partial charge on any atom is -0.494 e. The number of hydrogen-bond acceptors (Lipinski definition) is 6. The van der Waals surface area contributed by atoms with Crippen LogP contribution in [0.4, 0.5) is 0 Å². The summed E-state index contributed by atoms with van der Waals surface area (Å²) in [6.07, 6.45) is 0. The first-order valence-electron chi connectivity index (χ1n) is 8.54. The second-order valence-corrected chi connectivity index (χ2v) is 8.60. The lowest BCUT2D eigenvalue weighted by molar-refractivity contribution is -0.141. The van der Waals surface area contributed by atoms with Gasteiger partial charge in [-0.25, -0.2) is 0 Å². The molecule has 0 amide bonds. The summed E-state index contributed by atoms with van der Waals surface area (Å²) in [6.45, 7) is 4.12. The Bertz CT molecular complexity index is 1180. The first kappa shape index (κ1) is 20.1. The molecular formula is C19H20N2O5S2. The van der Waals surface area contributed by atoms with Gasteiger partial charge in [-0.15, -0.1) is 4.40 Å². The molecule has 0 atom stereocenters. The molecule has 148 valence electrons. The van der Waals surface area contributed by atoms with E-state index in [0.717, 1.165) is 10.3 Å². The number of carbonyl (C=O) groups excluding carboxylic acids is 1. The first-order valence-corrected chi connectivity index (χ1v) is 10.8. The van der Waals surface area contributed by atoms with Crippen molar-refractivity contribution in [3.05, 3.63) is 52.8 Å². The molecule has 0 fully saturated rings. The number of methoxy groups -OCH3 is 1. The number of benzene rings is 2. The molecule has 3 aromatic rings. The molecule has 0 aliphatic rings. The van der Waals surface area contributed by atoms with E-state index in [1.807, 2.05) is 13.8 Å². The van der Waals surface area contributed by atoms with Crippen LogP contribution in [0.5, 0.6) is 5.75 Å². The van der Waals surface area contributed by atoms with E-state index in [0.29, 0.717) is 17.9 Å². The number of rotatable bonds is 6. The average Bonchev–Trinajstić information content (AvgIpc) is 2.98. The van der Waals surface area contributed by atoms with Gasteiger partial charge in [0.05, 0.1) is 28.8 Å². The highest BCUT2D eigenvalue weighted by Gasteiger charge is 2.16. The Hall–Kier alpha value is -2.65. The number of carbonyl (C=O) groups is 1. The fourth-order valence-corrected chi connectivity index (χ4v) is 4.85. The molecule has 28 heavy (non-hydrogen) atoms. The highest BCUT2D eigenvalue weighted by molar-refractivity contribution is 7.90. The Morgan fingerprint density at radius 2 is 1.89 bits per heavy atom. The third kappa shape index (κ3) is 4.26. The number of fused-ring (bicyclic) bond motifs is 1. The Morgan fingerprint density at radius 3 is 2.54 bits per heavy atom. The van der Waals surface area contributed by atoms with Crippen molar-refractivity contribution < 1.29 is 22.7 Å². The van der Waals surface area contributed by atoms with Gasteiger partial charge in [0.1, 0.15) is 12.3 Å².